The Morgan fingerprint density at radius 3 is 2.60 bits per heavy atom. The highest BCUT2D eigenvalue weighted by atomic mass is 16.2. The summed E-state index contributed by atoms with van der Waals surface area (Å²) < 4.78 is 0. The van der Waals surface area contributed by atoms with E-state index in [0.717, 1.165) is 38.6 Å². The molecule has 3 aliphatic rings. The molecule has 0 radical (unpaired) electrons. The molecule has 3 atom stereocenters. The van der Waals surface area contributed by atoms with Crippen LogP contribution in [-0.2, 0) is 9.59 Å². The van der Waals surface area contributed by atoms with Gasteiger partial charge in [0.25, 0.3) is 0 Å². The van der Waals surface area contributed by atoms with E-state index in [1.165, 1.54) is 0 Å². The molecule has 0 unspecified atom stereocenters. The molecular weight excluding hydrogens is 190 g/mol. The molecule has 3 fully saturated rings. The Labute approximate surface area is 89.8 Å². The predicted molar refractivity (Wildman–Crippen MR) is 55.2 cm³/mol. The van der Waals surface area contributed by atoms with Gasteiger partial charge >= 0.3 is 0 Å². The zero-order chi connectivity index (χ0) is 10.4. The summed E-state index contributed by atoms with van der Waals surface area (Å²) in [6.45, 7) is 0.901. The first kappa shape index (κ1) is 9.37. The van der Waals surface area contributed by atoms with Crippen LogP contribution in [0.5, 0.6) is 0 Å². The van der Waals surface area contributed by atoms with Gasteiger partial charge in [-0.05, 0) is 31.1 Å². The van der Waals surface area contributed by atoms with Gasteiger partial charge in [-0.15, -0.1) is 0 Å². The average molecular weight is 207 g/mol. The van der Waals surface area contributed by atoms with Crippen molar-refractivity contribution in [2.45, 2.75) is 44.6 Å². The molecule has 15 heavy (non-hydrogen) atoms. The molecule has 1 saturated carbocycles. The van der Waals surface area contributed by atoms with E-state index in [4.69, 9.17) is 0 Å². The van der Waals surface area contributed by atoms with E-state index in [2.05, 4.69) is 4.90 Å². The molecule has 0 spiro atoms. The topological polar surface area (TPSA) is 37.4 Å². The fraction of sp³-hybridized carbons (Fsp3) is 0.833. The normalized spacial score (nSPS) is 40.3. The molecular formula is C12H17NO2. The van der Waals surface area contributed by atoms with Gasteiger partial charge in [0, 0.05) is 31.8 Å². The number of carbonyl (C=O) groups excluding carboxylic acids is 2. The van der Waals surface area contributed by atoms with Gasteiger partial charge in [-0.2, -0.15) is 0 Å². The Morgan fingerprint density at radius 1 is 1.07 bits per heavy atom. The van der Waals surface area contributed by atoms with Crippen LogP contribution in [0.1, 0.15) is 38.5 Å². The number of hydrogen-bond donors (Lipinski definition) is 0. The molecule has 0 aromatic heterocycles. The Bertz CT molecular complexity index is 313. The van der Waals surface area contributed by atoms with Crippen LogP contribution in [-0.4, -0.2) is 29.2 Å². The van der Waals surface area contributed by atoms with Gasteiger partial charge in [0.05, 0.1) is 0 Å². The zero-order valence-electron chi connectivity index (χ0n) is 8.95. The van der Waals surface area contributed by atoms with Crippen LogP contribution in [0.2, 0.25) is 0 Å². The van der Waals surface area contributed by atoms with Crippen molar-refractivity contribution >= 4 is 11.7 Å². The highest BCUT2D eigenvalue weighted by Gasteiger charge is 2.46. The highest BCUT2D eigenvalue weighted by Crippen LogP contribution is 2.42. The summed E-state index contributed by atoms with van der Waals surface area (Å²) in [5, 5.41) is 0. The molecule has 2 heterocycles. The van der Waals surface area contributed by atoms with Crippen molar-refractivity contribution in [3.05, 3.63) is 0 Å². The van der Waals surface area contributed by atoms with Crippen molar-refractivity contribution in [1.29, 1.82) is 0 Å². The minimum absolute atomic E-state index is 0.333. The van der Waals surface area contributed by atoms with Crippen molar-refractivity contribution in [2.24, 2.45) is 11.8 Å². The van der Waals surface area contributed by atoms with Crippen molar-refractivity contribution < 1.29 is 9.59 Å². The largest absolute Gasteiger partial charge is 0.339 e. The minimum Gasteiger partial charge on any atom is -0.339 e. The van der Waals surface area contributed by atoms with Gasteiger partial charge in [0.1, 0.15) is 5.78 Å². The van der Waals surface area contributed by atoms with Gasteiger partial charge in [-0.25, -0.2) is 0 Å². The number of amides is 1. The van der Waals surface area contributed by atoms with E-state index in [9.17, 15) is 9.59 Å². The van der Waals surface area contributed by atoms with Crippen molar-refractivity contribution in [3.8, 4) is 0 Å². The smallest absolute Gasteiger partial charge is 0.222 e. The lowest BCUT2D eigenvalue weighted by atomic mass is 9.75. The molecule has 0 aromatic rings. The summed E-state index contributed by atoms with van der Waals surface area (Å²) in [5.41, 5.74) is 0. The zero-order valence-corrected chi connectivity index (χ0v) is 8.95. The van der Waals surface area contributed by atoms with E-state index in [1.807, 2.05) is 0 Å². The van der Waals surface area contributed by atoms with Gasteiger partial charge in [0.2, 0.25) is 5.91 Å². The van der Waals surface area contributed by atoms with Crippen LogP contribution in [0, 0.1) is 11.8 Å². The van der Waals surface area contributed by atoms with E-state index in [-0.39, 0.29) is 0 Å². The molecule has 1 amide bonds. The van der Waals surface area contributed by atoms with Gasteiger partial charge < -0.3 is 4.90 Å². The maximum Gasteiger partial charge on any atom is 0.222 e. The minimum atomic E-state index is 0.333. The SMILES string of the molecule is O=C1C[C@H]2CCCC(=O)N3CC[C@@H](C1)[C@@H]23. The van der Waals surface area contributed by atoms with Crippen LogP contribution >= 0.6 is 0 Å². The molecule has 2 saturated heterocycles. The van der Waals surface area contributed by atoms with E-state index in [1.54, 1.807) is 0 Å². The molecule has 0 aromatic carbocycles. The number of hydrogen-bond acceptors (Lipinski definition) is 2. The number of nitrogens with zero attached hydrogens (tertiary/aromatic N) is 1. The molecule has 3 heteroatoms. The summed E-state index contributed by atoms with van der Waals surface area (Å²) in [6, 6.07) is 0.415. The van der Waals surface area contributed by atoms with Crippen LogP contribution in [0.25, 0.3) is 0 Å². The molecule has 3 rings (SSSR count). The second kappa shape index (κ2) is 3.32. The molecule has 2 aliphatic heterocycles. The quantitative estimate of drug-likeness (QED) is 0.601. The van der Waals surface area contributed by atoms with Crippen LogP contribution < -0.4 is 0 Å². The van der Waals surface area contributed by atoms with E-state index < -0.39 is 0 Å². The fourth-order valence-electron chi connectivity index (χ4n) is 3.75. The first-order chi connectivity index (χ1) is 7.25. The second-order valence-corrected chi connectivity index (χ2v) is 5.23. The Kier molecular flexibility index (Phi) is 2.08. The van der Waals surface area contributed by atoms with Gasteiger partial charge in [-0.3, -0.25) is 9.59 Å². The monoisotopic (exact) mass is 207 g/mol. The summed E-state index contributed by atoms with van der Waals surface area (Å²) in [5.74, 6) is 1.72. The second-order valence-electron chi connectivity index (χ2n) is 5.23. The maximum absolute atomic E-state index is 11.8. The molecule has 82 valence electrons. The summed E-state index contributed by atoms with van der Waals surface area (Å²) in [4.78, 5) is 25.5. The predicted octanol–water partition coefficient (Wildman–Crippen LogP) is 1.37. The lowest BCUT2D eigenvalue weighted by molar-refractivity contribution is -0.134. The highest BCUT2D eigenvalue weighted by molar-refractivity contribution is 5.82. The first-order valence-electron chi connectivity index (χ1n) is 6.07. The Balaban J connectivity index is 1.91. The Hall–Kier alpha value is -0.860. The van der Waals surface area contributed by atoms with Crippen LogP contribution in [0.3, 0.4) is 0 Å². The average Bonchev–Trinajstić information content (AvgIpc) is 2.53. The molecule has 1 aliphatic carbocycles. The van der Waals surface area contributed by atoms with Crippen molar-refractivity contribution in [1.82, 2.24) is 4.90 Å². The summed E-state index contributed by atoms with van der Waals surface area (Å²) in [7, 11) is 0. The van der Waals surface area contributed by atoms with E-state index in [0.29, 0.717) is 36.0 Å². The molecule has 0 bridgehead atoms. The van der Waals surface area contributed by atoms with Crippen LogP contribution in [0.4, 0.5) is 0 Å². The number of ketones is 1. The number of rotatable bonds is 0. The molecule has 0 N–H and O–H groups in total. The third-order valence-electron chi connectivity index (χ3n) is 4.33. The Morgan fingerprint density at radius 2 is 1.80 bits per heavy atom. The first-order valence-corrected chi connectivity index (χ1v) is 6.07. The third-order valence-corrected chi connectivity index (χ3v) is 4.33. The third kappa shape index (κ3) is 1.40. The van der Waals surface area contributed by atoms with Gasteiger partial charge in [0.15, 0.2) is 0 Å². The summed E-state index contributed by atoms with van der Waals surface area (Å²) in [6.07, 6.45) is 5.27. The molecule has 3 nitrogen and oxygen atoms in total. The number of Topliss-reactive ketones (excluding diaryl/α,β-unsaturated/α-hetero) is 1. The van der Waals surface area contributed by atoms with E-state index >= 15 is 0 Å². The lowest BCUT2D eigenvalue weighted by Gasteiger charge is -2.36. The summed E-state index contributed by atoms with van der Waals surface area (Å²) >= 11 is 0. The van der Waals surface area contributed by atoms with Gasteiger partial charge in [-0.1, -0.05) is 0 Å². The maximum atomic E-state index is 11.8. The lowest BCUT2D eigenvalue weighted by Crippen LogP contribution is -2.44. The van der Waals surface area contributed by atoms with Crippen molar-refractivity contribution in [3.63, 3.8) is 0 Å². The standard InChI is InChI=1S/C12H17NO2/c14-10-6-8-2-1-3-11(15)13-5-4-9(7-10)12(8)13/h8-9,12H,1-7H2/t8-,9+,12-/m1/s1. The number of carbonyl (C=O) groups is 2. The van der Waals surface area contributed by atoms with Crippen molar-refractivity contribution in [2.75, 3.05) is 6.54 Å². The van der Waals surface area contributed by atoms with Crippen LogP contribution in [0.15, 0.2) is 0 Å². The fourth-order valence-corrected chi connectivity index (χ4v) is 3.75.